The van der Waals surface area contributed by atoms with Gasteiger partial charge in [-0.2, -0.15) is 0 Å². The Labute approximate surface area is 113 Å². The zero-order valence-electron chi connectivity index (χ0n) is 11.2. The smallest absolute Gasteiger partial charge is 0.0381 e. The molecule has 0 radical (unpaired) electrons. The maximum atomic E-state index is 4.28. The summed E-state index contributed by atoms with van der Waals surface area (Å²) in [6.07, 6.45) is 6.02. The SMILES string of the molecule is CCc1ccc(CC(NC)c2cncc(C)c2)s1. The molecule has 0 aliphatic rings. The number of pyridine rings is 1. The summed E-state index contributed by atoms with van der Waals surface area (Å²) in [5, 5.41) is 3.39. The number of thiophene rings is 1. The van der Waals surface area contributed by atoms with Crippen molar-refractivity contribution in [2.45, 2.75) is 32.7 Å². The summed E-state index contributed by atoms with van der Waals surface area (Å²) in [5.74, 6) is 0. The molecule has 18 heavy (non-hydrogen) atoms. The van der Waals surface area contributed by atoms with Gasteiger partial charge in [-0.25, -0.2) is 0 Å². The Hall–Kier alpha value is -1.19. The average Bonchev–Trinajstić information content (AvgIpc) is 2.83. The molecule has 0 saturated carbocycles. The third kappa shape index (κ3) is 3.18. The molecule has 0 amide bonds. The van der Waals surface area contributed by atoms with Gasteiger partial charge in [0.2, 0.25) is 0 Å². The highest BCUT2D eigenvalue weighted by Crippen LogP contribution is 2.24. The van der Waals surface area contributed by atoms with E-state index in [1.54, 1.807) is 0 Å². The van der Waals surface area contributed by atoms with Crippen LogP contribution in [0.5, 0.6) is 0 Å². The molecule has 0 bridgehead atoms. The summed E-state index contributed by atoms with van der Waals surface area (Å²) in [5.41, 5.74) is 2.48. The van der Waals surface area contributed by atoms with Crippen LogP contribution in [0.3, 0.4) is 0 Å². The molecule has 0 aliphatic carbocycles. The van der Waals surface area contributed by atoms with Gasteiger partial charge in [-0.3, -0.25) is 4.98 Å². The second kappa shape index (κ2) is 6.12. The molecule has 0 spiro atoms. The standard InChI is InChI=1S/C15H20N2S/c1-4-13-5-6-14(18-13)8-15(16-3)12-7-11(2)9-17-10-12/h5-7,9-10,15-16H,4,8H2,1-3H3. The van der Waals surface area contributed by atoms with E-state index < -0.39 is 0 Å². The average molecular weight is 260 g/mol. The Morgan fingerprint density at radius 3 is 2.67 bits per heavy atom. The van der Waals surface area contributed by atoms with Crippen molar-refractivity contribution < 1.29 is 0 Å². The largest absolute Gasteiger partial charge is 0.313 e. The van der Waals surface area contributed by atoms with E-state index in [-0.39, 0.29) is 0 Å². The van der Waals surface area contributed by atoms with Crippen molar-refractivity contribution in [2.75, 3.05) is 7.05 Å². The molecule has 2 heterocycles. The van der Waals surface area contributed by atoms with E-state index >= 15 is 0 Å². The number of rotatable bonds is 5. The van der Waals surface area contributed by atoms with E-state index in [9.17, 15) is 0 Å². The van der Waals surface area contributed by atoms with E-state index in [2.05, 4.69) is 42.3 Å². The zero-order valence-corrected chi connectivity index (χ0v) is 12.1. The molecular weight excluding hydrogens is 240 g/mol. The van der Waals surface area contributed by atoms with Crippen molar-refractivity contribution in [3.63, 3.8) is 0 Å². The fourth-order valence-corrected chi connectivity index (χ4v) is 3.08. The lowest BCUT2D eigenvalue weighted by Gasteiger charge is -2.15. The number of aryl methyl sites for hydroxylation is 2. The number of aromatic nitrogens is 1. The van der Waals surface area contributed by atoms with Gasteiger partial charge in [-0.15, -0.1) is 11.3 Å². The fraction of sp³-hybridized carbons (Fsp3) is 0.400. The Morgan fingerprint density at radius 1 is 1.28 bits per heavy atom. The lowest BCUT2D eigenvalue weighted by atomic mass is 10.0. The molecular formula is C15H20N2S. The number of likely N-dealkylation sites (N-methyl/N-ethyl adjacent to an activating group) is 1. The monoisotopic (exact) mass is 260 g/mol. The molecule has 3 heteroatoms. The van der Waals surface area contributed by atoms with E-state index in [4.69, 9.17) is 0 Å². The number of hydrogen-bond donors (Lipinski definition) is 1. The maximum absolute atomic E-state index is 4.28. The molecule has 1 N–H and O–H groups in total. The van der Waals surface area contributed by atoms with Gasteiger partial charge in [0.25, 0.3) is 0 Å². The lowest BCUT2D eigenvalue weighted by Crippen LogP contribution is -2.18. The van der Waals surface area contributed by atoms with Crippen molar-refractivity contribution in [3.05, 3.63) is 51.5 Å². The third-order valence-corrected chi connectivity index (χ3v) is 4.37. The minimum atomic E-state index is 0.348. The van der Waals surface area contributed by atoms with Crippen LogP contribution in [0.15, 0.2) is 30.6 Å². The highest BCUT2D eigenvalue weighted by atomic mass is 32.1. The first-order chi connectivity index (χ1) is 8.72. The van der Waals surface area contributed by atoms with Crippen molar-refractivity contribution in [3.8, 4) is 0 Å². The molecule has 2 rings (SSSR count). The van der Waals surface area contributed by atoms with Crippen LogP contribution in [0, 0.1) is 6.92 Å². The minimum absolute atomic E-state index is 0.348. The Balaban J connectivity index is 2.14. The highest BCUT2D eigenvalue weighted by molar-refractivity contribution is 7.11. The van der Waals surface area contributed by atoms with Gasteiger partial charge in [-0.05, 0) is 43.7 Å². The molecule has 0 aromatic carbocycles. The second-order valence-corrected chi connectivity index (χ2v) is 5.82. The molecule has 2 aromatic rings. The van der Waals surface area contributed by atoms with Crippen molar-refractivity contribution in [1.29, 1.82) is 0 Å². The van der Waals surface area contributed by atoms with Crippen molar-refractivity contribution >= 4 is 11.3 Å². The quantitative estimate of drug-likeness (QED) is 0.889. The fourth-order valence-electron chi connectivity index (χ4n) is 2.08. The van der Waals surface area contributed by atoms with Crippen molar-refractivity contribution in [1.82, 2.24) is 10.3 Å². The number of nitrogens with one attached hydrogen (secondary N) is 1. The van der Waals surface area contributed by atoms with Crippen LogP contribution in [0.2, 0.25) is 0 Å². The van der Waals surface area contributed by atoms with E-state index in [1.807, 2.05) is 30.8 Å². The van der Waals surface area contributed by atoms with Crippen LogP contribution >= 0.6 is 11.3 Å². The molecule has 1 unspecified atom stereocenters. The minimum Gasteiger partial charge on any atom is -0.313 e. The Morgan fingerprint density at radius 2 is 2.06 bits per heavy atom. The van der Waals surface area contributed by atoms with E-state index in [0.29, 0.717) is 6.04 Å². The van der Waals surface area contributed by atoms with Crippen LogP contribution in [0.25, 0.3) is 0 Å². The summed E-state index contributed by atoms with van der Waals surface area (Å²) < 4.78 is 0. The lowest BCUT2D eigenvalue weighted by molar-refractivity contribution is 0.594. The second-order valence-electron chi connectivity index (χ2n) is 4.56. The topological polar surface area (TPSA) is 24.9 Å². The van der Waals surface area contributed by atoms with Gasteiger partial charge < -0.3 is 5.32 Å². The highest BCUT2D eigenvalue weighted by Gasteiger charge is 2.12. The first-order valence-corrected chi connectivity index (χ1v) is 7.21. The molecule has 2 nitrogen and oxygen atoms in total. The van der Waals surface area contributed by atoms with E-state index in [0.717, 1.165) is 12.8 Å². The molecule has 0 saturated heterocycles. The van der Waals surface area contributed by atoms with Crippen LogP contribution in [-0.4, -0.2) is 12.0 Å². The summed E-state index contributed by atoms with van der Waals surface area (Å²) in [4.78, 5) is 7.18. The molecule has 0 aliphatic heterocycles. The van der Waals surface area contributed by atoms with Crippen LogP contribution in [-0.2, 0) is 12.8 Å². The third-order valence-electron chi connectivity index (χ3n) is 3.12. The number of nitrogens with zero attached hydrogens (tertiary/aromatic N) is 1. The van der Waals surface area contributed by atoms with Gasteiger partial charge >= 0.3 is 0 Å². The van der Waals surface area contributed by atoms with Gasteiger partial charge in [0, 0.05) is 34.6 Å². The first-order valence-electron chi connectivity index (χ1n) is 6.39. The van der Waals surface area contributed by atoms with Crippen molar-refractivity contribution in [2.24, 2.45) is 0 Å². The van der Waals surface area contributed by atoms with Crippen LogP contribution in [0.4, 0.5) is 0 Å². The molecule has 1 atom stereocenters. The zero-order chi connectivity index (χ0) is 13.0. The summed E-state index contributed by atoms with van der Waals surface area (Å²) in [6, 6.07) is 7.04. The predicted molar refractivity (Wildman–Crippen MR) is 78.2 cm³/mol. The van der Waals surface area contributed by atoms with Gasteiger partial charge in [0.05, 0.1) is 0 Å². The van der Waals surface area contributed by atoms with Gasteiger partial charge in [0.1, 0.15) is 0 Å². The number of hydrogen-bond acceptors (Lipinski definition) is 3. The summed E-state index contributed by atoms with van der Waals surface area (Å²) >= 11 is 1.92. The predicted octanol–water partition coefficient (Wildman–Crippen LogP) is 3.52. The van der Waals surface area contributed by atoms with Gasteiger partial charge in [0.15, 0.2) is 0 Å². The maximum Gasteiger partial charge on any atom is 0.0381 e. The Kier molecular flexibility index (Phi) is 4.50. The molecule has 2 aromatic heterocycles. The molecule has 0 fully saturated rings. The van der Waals surface area contributed by atoms with Crippen LogP contribution in [0.1, 0.15) is 33.8 Å². The normalized spacial score (nSPS) is 12.6. The summed E-state index contributed by atoms with van der Waals surface area (Å²) in [6.45, 7) is 4.29. The summed E-state index contributed by atoms with van der Waals surface area (Å²) in [7, 11) is 2.02. The van der Waals surface area contributed by atoms with Crippen LogP contribution < -0.4 is 5.32 Å². The van der Waals surface area contributed by atoms with E-state index in [1.165, 1.54) is 20.9 Å². The van der Waals surface area contributed by atoms with Gasteiger partial charge in [-0.1, -0.05) is 13.0 Å². The molecule has 96 valence electrons. The first kappa shape index (κ1) is 13.2. The Bertz CT molecular complexity index is 505.